The van der Waals surface area contributed by atoms with E-state index in [2.05, 4.69) is 16.7 Å². The van der Waals surface area contributed by atoms with Crippen molar-refractivity contribution in [2.24, 2.45) is 0 Å². The van der Waals surface area contributed by atoms with Crippen LogP contribution in [0.2, 0.25) is 0 Å². The first-order valence-electron chi connectivity index (χ1n) is 7.35. The molecule has 2 amide bonds. The summed E-state index contributed by atoms with van der Waals surface area (Å²) in [7, 11) is 0. The highest BCUT2D eigenvalue weighted by Crippen LogP contribution is 2.07. The third-order valence-corrected chi connectivity index (χ3v) is 3.74. The van der Waals surface area contributed by atoms with Crippen molar-refractivity contribution in [3.8, 4) is 6.07 Å². The fraction of sp³-hybridized carbons (Fsp3) is 0.438. The second-order valence-corrected chi connectivity index (χ2v) is 5.46. The lowest BCUT2D eigenvalue weighted by Gasteiger charge is -2.25. The zero-order valence-electron chi connectivity index (χ0n) is 12.6. The quantitative estimate of drug-likeness (QED) is 0.842. The van der Waals surface area contributed by atoms with Gasteiger partial charge in [-0.15, -0.1) is 0 Å². The molecule has 116 valence electrons. The Hall–Kier alpha value is -2.39. The standard InChI is InChI=1S/C16H20N4O2/c1-12-8-15(21)18-6-7-20(12)11-16(22)19-10-14-4-2-13(9-17)3-5-14/h2-5,12H,6-8,10-11H2,1H3,(H,18,21)(H,19,22). The smallest absolute Gasteiger partial charge is 0.234 e. The number of amides is 2. The predicted molar refractivity (Wildman–Crippen MR) is 81.7 cm³/mol. The number of nitrogens with one attached hydrogen (secondary N) is 2. The van der Waals surface area contributed by atoms with Crippen LogP contribution in [0.25, 0.3) is 0 Å². The maximum absolute atomic E-state index is 12.0. The second-order valence-electron chi connectivity index (χ2n) is 5.46. The van der Waals surface area contributed by atoms with Crippen molar-refractivity contribution in [1.29, 1.82) is 5.26 Å². The summed E-state index contributed by atoms with van der Waals surface area (Å²) in [5.41, 5.74) is 1.55. The third kappa shape index (κ3) is 4.57. The average Bonchev–Trinajstić information content (AvgIpc) is 2.67. The van der Waals surface area contributed by atoms with Crippen molar-refractivity contribution in [2.45, 2.75) is 25.9 Å². The number of carbonyl (C=O) groups excluding carboxylic acids is 2. The summed E-state index contributed by atoms with van der Waals surface area (Å²) in [5.74, 6) is -0.0291. The summed E-state index contributed by atoms with van der Waals surface area (Å²) < 4.78 is 0. The highest BCUT2D eigenvalue weighted by atomic mass is 16.2. The van der Waals surface area contributed by atoms with Gasteiger partial charge in [0.1, 0.15) is 0 Å². The van der Waals surface area contributed by atoms with Gasteiger partial charge in [-0.1, -0.05) is 12.1 Å². The minimum atomic E-state index is -0.0643. The zero-order valence-corrected chi connectivity index (χ0v) is 12.6. The molecular formula is C16H20N4O2. The van der Waals surface area contributed by atoms with E-state index in [1.54, 1.807) is 12.1 Å². The number of hydrogen-bond donors (Lipinski definition) is 2. The van der Waals surface area contributed by atoms with Crippen LogP contribution in [0.4, 0.5) is 0 Å². The van der Waals surface area contributed by atoms with Crippen molar-refractivity contribution in [3.63, 3.8) is 0 Å². The van der Waals surface area contributed by atoms with Crippen LogP contribution in [-0.4, -0.2) is 42.4 Å². The Morgan fingerprint density at radius 3 is 2.86 bits per heavy atom. The molecule has 1 atom stereocenters. The Morgan fingerprint density at radius 1 is 1.45 bits per heavy atom. The van der Waals surface area contributed by atoms with Crippen LogP contribution in [0.5, 0.6) is 0 Å². The van der Waals surface area contributed by atoms with Gasteiger partial charge in [0.2, 0.25) is 11.8 Å². The second kappa shape index (κ2) is 7.57. The number of benzene rings is 1. The van der Waals surface area contributed by atoms with Gasteiger partial charge in [0, 0.05) is 32.1 Å². The van der Waals surface area contributed by atoms with Crippen molar-refractivity contribution in [3.05, 3.63) is 35.4 Å². The van der Waals surface area contributed by atoms with E-state index in [0.29, 0.717) is 31.6 Å². The first-order valence-corrected chi connectivity index (χ1v) is 7.35. The molecule has 2 N–H and O–H groups in total. The van der Waals surface area contributed by atoms with Crippen LogP contribution in [0, 0.1) is 11.3 Å². The molecule has 0 aliphatic carbocycles. The molecule has 22 heavy (non-hydrogen) atoms. The molecule has 1 saturated heterocycles. The molecular weight excluding hydrogens is 280 g/mol. The van der Waals surface area contributed by atoms with Gasteiger partial charge in [0.15, 0.2) is 0 Å². The normalized spacial score (nSPS) is 18.9. The van der Waals surface area contributed by atoms with E-state index in [1.165, 1.54) is 0 Å². The van der Waals surface area contributed by atoms with Crippen molar-refractivity contribution in [2.75, 3.05) is 19.6 Å². The number of carbonyl (C=O) groups is 2. The first-order chi connectivity index (χ1) is 10.6. The van der Waals surface area contributed by atoms with E-state index in [1.807, 2.05) is 24.0 Å². The van der Waals surface area contributed by atoms with Gasteiger partial charge in [-0.05, 0) is 24.6 Å². The van der Waals surface area contributed by atoms with Gasteiger partial charge in [0.05, 0.1) is 18.2 Å². The monoisotopic (exact) mass is 300 g/mol. The highest BCUT2D eigenvalue weighted by molar-refractivity contribution is 5.79. The van der Waals surface area contributed by atoms with Crippen LogP contribution in [0.15, 0.2) is 24.3 Å². The minimum absolute atomic E-state index is 0.0352. The maximum atomic E-state index is 12.0. The average molecular weight is 300 g/mol. The zero-order chi connectivity index (χ0) is 15.9. The first kappa shape index (κ1) is 16.0. The van der Waals surface area contributed by atoms with Crippen molar-refractivity contribution in [1.82, 2.24) is 15.5 Å². The molecule has 6 heteroatoms. The summed E-state index contributed by atoms with van der Waals surface area (Å²) in [6.45, 7) is 3.93. The number of rotatable bonds is 4. The molecule has 6 nitrogen and oxygen atoms in total. The van der Waals surface area contributed by atoms with Crippen molar-refractivity contribution < 1.29 is 9.59 Å². The molecule has 0 aromatic heterocycles. The van der Waals surface area contributed by atoms with Crippen LogP contribution < -0.4 is 10.6 Å². The molecule has 1 aromatic rings. The molecule has 0 radical (unpaired) electrons. The Bertz CT molecular complexity index is 577. The van der Waals surface area contributed by atoms with E-state index in [9.17, 15) is 9.59 Å². The molecule has 1 aromatic carbocycles. The molecule has 1 heterocycles. The molecule has 2 rings (SSSR count). The molecule has 1 aliphatic rings. The van der Waals surface area contributed by atoms with Gasteiger partial charge in [-0.2, -0.15) is 5.26 Å². The minimum Gasteiger partial charge on any atom is -0.355 e. The van der Waals surface area contributed by atoms with Gasteiger partial charge in [-0.25, -0.2) is 0 Å². The van der Waals surface area contributed by atoms with Crippen LogP contribution in [0.1, 0.15) is 24.5 Å². The lowest BCUT2D eigenvalue weighted by Crippen LogP contribution is -2.42. The Labute approximate surface area is 130 Å². The molecule has 0 spiro atoms. The lowest BCUT2D eigenvalue weighted by molar-refractivity contribution is -0.124. The van der Waals surface area contributed by atoms with Gasteiger partial charge in [-0.3, -0.25) is 14.5 Å². The SMILES string of the molecule is CC1CC(=O)NCCN1CC(=O)NCc1ccc(C#N)cc1. The van der Waals surface area contributed by atoms with E-state index >= 15 is 0 Å². The Kier molecular flexibility index (Phi) is 5.50. The molecule has 0 bridgehead atoms. The van der Waals surface area contributed by atoms with Crippen LogP contribution in [-0.2, 0) is 16.1 Å². The highest BCUT2D eigenvalue weighted by Gasteiger charge is 2.22. The summed E-state index contributed by atoms with van der Waals surface area (Å²) in [6.07, 6.45) is 0.420. The third-order valence-electron chi connectivity index (χ3n) is 3.74. The summed E-state index contributed by atoms with van der Waals surface area (Å²) >= 11 is 0. The Morgan fingerprint density at radius 2 is 2.18 bits per heavy atom. The lowest BCUT2D eigenvalue weighted by atomic mass is 10.1. The number of nitrogens with zero attached hydrogens (tertiary/aromatic N) is 2. The number of hydrogen-bond acceptors (Lipinski definition) is 4. The molecule has 1 unspecified atom stereocenters. The van der Waals surface area contributed by atoms with Gasteiger partial charge < -0.3 is 10.6 Å². The van der Waals surface area contributed by atoms with Crippen LogP contribution >= 0.6 is 0 Å². The molecule has 0 saturated carbocycles. The number of nitriles is 1. The summed E-state index contributed by atoms with van der Waals surface area (Å²) in [4.78, 5) is 25.5. The maximum Gasteiger partial charge on any atom is 0.234 e. The van der Waals surface area contributed by atoms with Crippen molar-refractivity contribution >= 4 is 11.8 Å². The largest absolute Gasteiger partial charge is 0.355 e. The van der Waals surface area contributed by atoms with E-state index in [0.717, 1.165) is 5.56 Å². The van der Waals surface area contributed by atoms with Gasteiger partial charge in [0.25, 0.3) is 0 Å². The summed E-state index contributed by atoms with van der Waals surface area (Å²) in [5, 5.41) is 14.4. The fourth-order valence-corrected chi connectivity index (χ4v) is 2.40. The molecule has 1 fully saturated rings. The topological polar surface area (TPSA) is 85.2 Å². The Balaban J connectivity index is 1.81. The van der Waals surface area contributed by atoms with E-state index in [-0.39, 0.29) is 24.4 Å². The molecule has 1 aliphatic heterocycles. The fourth-order valence-electron chi connectivity index (χ4n) is 2.40. The predicted octanol–water partition coefficient (Wildman–Crippen LogP) is 0.385. The van der Waals surface area contributed by atoms with E-state index < -0.39 is 0 Å². The van der Waals surface area contributed by atoms with Gasteiger partial charge >= 0.3 is 0 Å². The van der Waals surface area contributed by atoms with Crippen LogP contribution in [0.3, 0.4) is 0 Å². The summed E-state index contributed by atoms with van der Waals surface area (Å²) in [6, 6.07) is 9.24. The van der Waals surface area contributed by atoms with E-state index in [4.69, 9.17) is 5.26 Å².